The molecule has 1 heterocycles. The molecule has 0 unspecified atom stereocenters. The van der Waals surface area contributed by atoms with E-state index < -0.39 is 23.6 Å². The fraction of sp³-hybridized carbons (Fsp3) is 0.625. The number of nitrogens with zero attached hydrogens (tertiary/aromatic N) is 1. The van der Waals surface area contributed by atoms with Crippen LogP contribution >= 0.6 is 0 Å². The number of hydrogen-bond acceptors (Lipinski definition) is 2. The largest absolute Gasteiger partial charge is 0.416 e. The molecule has 2 nitrogen and oxygen atoms in total. The third-order valence-electron chi connectivity index (χ3n) is 4.54. The summed E-state index contributed by atoms with van der Waals surface area (Å²) in [7, 11) is 0. The van der Waals surface area contributed by atoms with Crippen LogP contribution in [0.5, 0.6) is 0 Å². The lowest BCUT2D eigenvalue weighted by Crippen LogP contribution is -2.45. The summed E-state index contributed by atoms with van der Waals surface area (Å²) in [6, 6.07) is 2.81. The van der Waals surface area contributed by atoms with Crippen molar-refractivity contribution in [3.05, 3.63) is 35.1 Å². The first-order chi connectivity index (χ1) is 10.5. The summed E-state index contributed by atoms with van der Waals surface area (Å²) in [5.41, 5.74) is -0.986. The molecule has 1 aliphatic carbocycles. The van der Waals surface area contributed by atoms with Crippen molar-refractivity contribution in [2.75, 3.05) is 26.2 Å². The molecule has 122 valence electrons. The summed E-state index contributed by atoms with van der Waals surface area (Å²) >= 11 is 0. The molecule has 1 N–H and O–H groups in total. The zero-order valence-electron chi connectivity index (χ0n) is 12.3. The number of benzene rings is 1. The molecule has 1 aromatic carbocycles. The second kappa shape index (κ2) is 6.16. The van der Waals surface area contributed by atoms with Gasteiger partial charge < -0.3 is 5.32 Å². The quantitative estimate of drug-likeness (QED) is 0.854. The molecule has 1 saturated carbocycles. The van der Waals surface area contributed by atoms with Gasteiger partial charge in [0.25, 0.3) is 0 Å². The first-order valence-corrected chi connectivity index (χ1v) is 7.77. The number of alkyl halides is 3. The fourth-order valence-electron chi connectivity index (χ4n) is 3.24. The molecular weight excluding hydrogens is 296 g/mol. The van der Waals surface area contributed by atoms with E-state index in [-0.39, 0.29) is 5.56 Å². The van der Waals surface area contributed by atoms with Crippen molar-refractivity contribution in [1.82, 2.24) is 10.2 Å². The minimum Gasteiger partial charge on any atom is -0.314 e. The average molecular weight is 316 g/mol. The molecule has 1 saturated heterocycles. The van der Waals surface area contributed by atoms with Gasteiger partial charge in [-0.05, 0) is 24.5 Å². The number of nitrogens with one attached hydrogen (secondary N) is 1. The van der Waals surface area contributed by atoms with E-state index in [0.29, 0.717) is 25.4 Å². The average Bonchev–Trinajstić information content (AvgIpc) is 3.29. The van der Waals surface area contributed by atoms with Crippen LogP contribution in [0.1, 0.15) is 36.4 Å². The first kappa shape index (κ1) is 15.7. The normalized spacial score (nSPS) is 21.8. The molecule has 0 spiro atoms. The molecule has 0 bridgehead atoms. The maximum absolute atomic E-state index is 14.3. The van der Waals surface area contributed by atoms with Crippen molar-refractivity contribution >= 4 is 0 Å². The van der Waals surface area contributed by atoms with E-state index in [2.05, 4.69) is 5.32 Å². The van der Waals surface area contributed by atoms with Crippen molar-refractivity contribution in [2.24, 2.45) is 5.92 Å². The lowest BCUT2D eigenvalue weighted by molar-refractivity contribution is -0.139. The van der Waals surface area contributed by atoms with Gasteiger partial charge in [-0.3, -0.25) is 4.90 Å². The van der Waals surface area contributed by atoms with Crippen LogP contribution in [0.3, 0.4) is 0 Å². The lowest BCUT2D eigenvalue weighted by atomic mass is 9.93. The van der Waals surface area contributed by atoms with Crippen LogP contribution in [0, 0.1) is 11.7 Å². The molecule has 1 aliphatic heterocycles. The summed E-state index contributed by atoms with van der Waals surface area (Å²) in [5, 5.41) is 3.19. The SMILES string of the molecule is Fc1cccc(C(F)(F)F)c1[C@H](CC1CC1)N1CCNCC1. The van der Waals surface area contributed by atoms with Gasteiger partial charge in [-0.2, -0.15) is 13.2 Å². The molecule has 6 heteroatoms. The van der Waals surface area contributed by atoms with Crippen molar-refractivity contribution < 1.29 is 17.6 Å². The summed E-state index contributed by atoms with van der Waals surface area (Å²) < 4.78 is 54.2. The predicted octanol–water partition coefficient (Wildman–Crippen LogP) is 3.59. The highest BCUT2D eigenvalue weighted by atomic mass is 19.4. The molecule has 2 fully saturated rings. The van der Waals surface area contributed by atoms with E-state index in [1.165, 1.54) is 0 Å². The second-order valence-corrected chi connectivity index (χ2v) is 6.18. The number of piperazine rings is 1. The van der Waals surface area contributed by atoms with Gasteiger partial charge in [0, 0.05) is 37.8 Å². The van der Waals surface area contributed by atoms with Crippen LogP contribution < -0.4 is 5.32 Å². The van der Waals surface area contributed by atoms with Crippen LogP contribution in [0.2, 0.25) is 0 Å². The van der Waals surface area contributed by atoms with Gasteiger partial charge in [0.15, 0.2) is 0 Å². The van der Waals surface area contributed by atoms with Crippen molar-refractivity contribution in [3.8, 4) is 0 Å². The van der Waals surface area contributed by atoms with Gasteiger partial charge in [0.05, 0.1) is 5.56 Å². The summed E-state index contributed by atoms with van der Waals surface area (Å²) in [4.78, 5) is 2.00. The molecule has 0 amide bonds. The molecule has 0 radical (unpaired) electrons. The first-order valence-electron chi connectivity index (χ1n) is 7.77. The van der Waals surface area contributed by atoms with Crippen LogP contribution in [0.15, 0.2) is 18.2 Å². The Bertz CT molecular complexity index is 519. The van der Waals surface area contributed by atoms with Gasteiger partial charge in [-0.1, -0.05) is 18.9 Å². The second-order valence-electron chi connectivity index (χ2n) is 6.18. The monoisotopic (exact) mass is 316 g/mol. The zero-order valence-corrected chi connectivity index (χ0v) is 12.3. The van der Waals surface area contributed by atoms with Gasteiger partial charge in [0.2, 0.25) is 0 Å². The fourth-order valence-corrected chi connectivity index (χ4v) is 3.24. The highest BCUT2D eigenvalue weighted by Gasteiger charge is 2.40. The van der Waals surface area contributed by atoms with Crippen LogP contribution in [-0.4, -0.2) is 31.1 Å². The number of rotatable bonds is 4. The van der Waals surface area contributed by atoms with Crippen LogP contribution in [0.25, 0.3) is 0 Å². The van der Waals surface area contributed by atoms with Crippen molar-refractivity contribution in [1.29, 1.82) is 0 Å². The third kappa shape index (κ3) is 3.43. The Kier molecular flexibility index (Phi) is 4.41. The molecule has 22 heavy (non-hydrogen) atoms. The Morgan fingerprint density at radius 3 is 2.45 bits per heavy atom. The number of hydrogen-bond donors (Lipinski definition) is 1. The maximum atomic E-state index is 14.3. The van der Waals surface area contributed by atoms with E-state index in [0.717, 1.165) is 44.1 Å². The highest BCUT2D eigenvalue weighted by molar-refractivity contribution is 5.34. The van der Waals surface area contributed by atoms with E-state index in [9.17, 15) is 17.6 Å². The van der Waals surface area contributed by atoms with Gasteiger partial charge in [-0.15, -0.1) is 0 Å². The minimum absolute atomic E-state index is 0.163. The van der Waals surface area contributed by atoms with E-state index in [1.807, 2.05) is 4.90 Å². The third-order valence-corrected chi connectivity index (χ3v) is 4.54. The summed E-state index contributed by atoms with van der Waals surface area (Å²) in [6.07, 6.45) is -1.83. The Morgan fingerprint density at radius 1 is 1.18 bits per heavy atom. The number of halogens is 4. The molecular formula is C16H20F4N2. The van der Waals surface area contributed by atoms with Gasteiger partial charge in [-0.25, -0.2) is 4.39 Å². The molecule has 3 rings (SSSR count). The standard InChI is InChI=1S/C16H20F4N2/c17-13-3-1-2-12(16(18,19)20)15(13)14(10-11-4-5-11)22-8-6-21-7-9-22/h1-3,11,14,21H,4-10H2/t14-/m0/s1. The van der Waals surface area contributed by atoms with Gasteiger partial charge >= 0.3 is 6.18 Å². The Morgan fingerprint density at radius 2 is 1.86 bits per heavy atom. The maximum Gasteiger partial charge on any atom is 0.416 e. The highest BCUT2D eigenvalue weighted by Crippen LogP contribution is 2.44. The zero-order chi connectivity index (χ0) is 15.7. The molecule has 2 aliphatic rings. The van der Waals surface area contributed by atoms with E-state index >= 15 is 0 Å². The van der Waals surface area contributed by atoms with Gasteiger partial charge in [0.1, 0.15) is 5.82 Å². The predicted molar refractivity (Wildman–Crippen MR) is 75.9 cm³/mol. The Labute approximate surface area is 127 Å². The summed E-state index contributed by atoms with van der Waals surface area (Å²) in [5.74, 6) is -0.306. The van der Waals surface area contributed by atoms with E-state index in [1.54, 1.807) is 0 Å². The Hall–Kier alpha value is -1.14. The van der Waals surface area contributed by atoms with Crippen LogP contribution in [0.4, 0.5) is 17.6 Å². The van der Waals surface area contributed by atoms with E-state index in [4.69, 9.17) is 0 Å². The van der Waals surface area contributed by atoms with Crippen molar-refractivity contribution in [3.63, 3.8) is 0 Å². The van der Waals surface area contributed by atoms with Crippen LogP contribution in [-0.2, 0) is 6.18 Å². The molecule has 1 aromatic rings. The topological polar surface area (TPSA) is 15.3 Å². The molecule has 0 aromatic heterocycles. The summed E-state index contributed by atoms with van der Waals surface area (Å²) in [6.45, 7) is 2.78. The minimum atomic E-state index is -4.52. The lowest BCUT2D eigenvalue weighted by Gasteiger charge is -2.36. The Balaban J connectivity index is 1.98. The smallest absolute Gasteiger partial charge is 0.314 e. The van der Waals surface area contributed by atoms with Crippen molar-refractivity contribution in [2.45, 2.75) is 31.5 Å². The molecule has 1 atom stereocenters.